The van der Waals surface area contributed by atoms with Crippen LogP contribution in [-0.4, -0.2) is 65.2 Å². The van der Waals surface area contributed by atoms with E-state index in [1.165, 1.54) is 4.90 Å². The van der Waals surface area contributed by atoms with Crippen LogP contribution in [0.2, 0.25) is 0 Å². The van der Waals surface area contributed by atoms with Gasteiger partial charge in [0, 0.05) is 32.5 Å². The van der Waals surface area contributed by atoms with Crippen LogP contribution in [0.1, 0.15) is 39.0 Å². The maximum atomic E-state index is 12.6. The van der Waals surface area contributed by atoms with E-state index in [0.29, 0.717) is 32.4 Å². The zero-order valence-corrected chi connectivity index (χ0v) is 14.2. The van der Waals surface area contributed by atoms with E-state index in [2.05, 4.69) is 10.3 Å². The Morgan fingerprint density at radius 3 is 2.75 bits per heavy atom. The molecule has 3 N–H and O–H groups in total. The van der Waals surface area contributed by atoms with Crippen molar-refractivity contribution >= 4 is 23.7 Å². The Balaban J connectivity index is 1.72. The molecule has 0 spiro atoms. The fourth-order valence-electron chi connectivity index (χ4n) is 3.87. The Morgan fingerprint density at radius 1 is 1.38 bits per heavy atom. The summed E-state index contributed by atoms with van der Waals surface area (Å²) in [5.74, 6) is 0.192. The Morgan fingerprint density at radius 2 is 2.12 bits per heavy atom. The van der Waals surface area contributed by atoms with Crippen molar-refractivity contribution in [3.05, 3.63) is 0 Å². The first kappa shape index (κ1) is 16.7. The van der Waals surface area contributed by atoms with Crippen LogP contribution in [0.3, 0.4) is 0 Å². The van der Waals surface area contributed by atoms with E-state index in [9.17, 15) is 14.4 Å². The number of hydrogen-bond donors (Lipinski definition) is 2. The fraction of sp³-hybridized carbons (Fsp3) is 0.750. The zero-order valence-electron chi connectivity index (χ0n) is 14.2. The molecule has 2 fully saturated rings. The van der Waals surface area contributed by atoms with Crippen LogP contribution in [-0.2, 0) is 14.4 Å². The number of carbonyl (C=O) groups is 3. The molecule has 2 saturated heterocycles. The van der Waals surface area contributed by atoms with Crippen LogP contribution in [0.25, 0.3) is 0 Å². The van der Waals surface area contributed by atoms with E-state index in [-0.39, 0.29) is 29.6 Å². The van der Waals surface area contributed by atoms with Gasteiger partial charge >= 0.3 is 0 Å². The third-order valence-electron chi connectivity index (χ3n) is 5.50. The molecular formula is C16H25N5O3. The molecule has 2 unspecified atom stereocenters. The summed E-state index contributed by atoms with van der Waals surface area (Å²) in [5, 5.41) is 2.74. The molecule has 0 aromatic rings. The smallest absolute Gasteiger partial charge is 0.245 e. The summed E-state index contributed by atoms with van der Waals surface area (Å²) >= 11 is 0. The van der Waals surface area contributed by atoms with Crippen molar-refractivity contribution in [3.8, 4) is 0 Å². The number of nitrogens with zero attached hydrogens (tertiary/aromatic N) is 3. The molecule has 8 nitrogen and oxygen atoms in total. The number of rotatable bonds is 2. The number of piperidine rings is 1. The molecule has 0 bridgehead atoms. The normalized spacial score (nSPS) is 34.2. The highest BCUT2D eigenvalue weighted by atomic mass is 16.2. The standard InChI is InChI=1S/C16H25N5O3/c1-16(8-13(23)20(2)15(17)19-16)10-4-3-7-21(9-10)14(24)11-5-6-12(22)18-11/h10-11H,3-9H2,1-2H3,(H2,17,19)(H,18,22)/t10?,11?,16-/m0/s1. The number of likely N-dealkylation sites (tertiary alicyclic amines) is 1. The molecule has 0 aliphatic carbocycles. The molecule has 3 heterocycles. The first-order valence-corrected chi connectivity index (χ1v) is 8.50. The minimum atomic E-state index is -0.578. The van der Waals surface area contributed by atoms with Crippen LogP contribution in [0.4, 0.5) is 0 Å². The van der Waals surface area contributed by atoms with Gasteiger partial charge in [-0.1, -0.05) is 0 Å². The molecule has 132 valence electrons. The second kappa shape index (κ2) is 6.07. The number of amides is 3. The van der Waals surface area contributed by atoms with Gasteiger partial charge in [-0.3, -0.25) is 19.3 Å². The first-order valence-electron chi connectivity index (χ1n) is 8.50. The maximum Gasteiger partial charge on any atom is 0.245 e. The summed E-state index contributed by atoms with van der Waals surface area (Å²) in [6.45, 7) is 3.18. The van der Waals surface area contributed by atoms with Gasteiger partial charge in [-0.05, 0) is 26.2 Å². The van der Waals surface area contributed by atoms with Crippen LogP contribution in [0, 0.1) is 5.92 Å². The summed E-state index contributed by atoms with van der Waals surface area (Å²) in [4.78, 5) is 43.9. The van der Waals surface area contributed by atoms with Crippen LogP contribution in [0.15, 0.2) is 4.99 Å². The molecule has 0 aromatic heterocycles. The number of nitrogens with one attached hydrogen (secondary N) is 1. The molecule has 3 amide bonds. The highest BCUT2D eigenvalue weighted by Crippen LogP contribution is 2.35. The molecular weight excluding hydrogens is 310 g/mol. The molecule has 0 aromatic carbocycles. The SMILES string of the molecule is CN1C(=O)C[C@@](C)(C2CCCN(C(=O)C3CCC(=O)N3)C2)N=C1N. The van der Waals surface area contributed by atoms with Gasteiger partial charge in [0.15, 0.2) is 5.96 Å². The quantitative estimate of drug-likeness (QED) is 0.705. The zero-order chi connectivity index (χ0) is 17.5. The summed E-state index contributed by atoms with van der Waals surface area (Å²) in [5.41, 5.74) is 5.31. The van der Waals surface area contributed by atoms with Crippen molar-refractivity contribution in [2.75, 3.05) is 20.1 Å². The molecule has 3 atom stereocenters. The lowest BCUT2D eigenvalue weighted by Crippen LogP contribution is -2.56. The maximum absolute atomic E-state index is 12.6. The van der Waals surface area contributed by atoms with Crippen molar-refractivity contribution < 1.29 is 14.4 Å². The number of aliphatic imine (C=N–C) groups is 1. The molecule has 3 aliphatic heterocycles. The number of nitrogens with two attached hydrogens (primary N) is 1. The average molecular weight is 335 g/mol. The Labute approximate surface area is 141 Å². The fourth-order valence-corrected chi connectivity index (χ4v) is 3.87. The summed E-state index contributed by atoms with van der Waals surface area (Å²) in [6, 6.07) is -0.406. The van der Waals surface area contributed by atoms with E-state index in [0.717, 1.165) is 12.8 Å². The lowest BCUT2D eigenvalue weighted by Gasteiger charge is -2.44. The van der Waals surface area contributed by atoms with E-state index in [4.69, 9.17) is 5.73 Å². The van der Waals surface area contributed by atoms with Gasteiger partial charge in [0.25, 0.3) is 0 Å². The minimum absolute atomic E-state index is 0.0228. The van der Waals surface area contributed by atoms with Crippen molar-refractivity contribution in [3.63, 3.8) is 0 Å². The number of hydrogen-bond acceptors (Lipinski definition) is 5. The predicted molar refractivity (Wildman–Crippen MR) is 87.9 cm³/mol. The van der Waals surface area contributed by atoms with E-state index >= 15 is 0 Å². The minimum Gasteiger partial charge on any atom is -0.369 e. The summed E-state index contributed by atoms with van der Waals surface area (Å²) in [6.07, 6.45) is 3.05. The van der Waals surface area contributed by atoms with Crippen molar-refractivity contribution in [1.82, 2.24) is 15.1 Å². The second-order valence-corrected chi connectivity index (χ2v) is 7.24. The van der Waals surface area contributed by atoms with E-state index in [1.54, 1.807) is 7.05 Å². The lowest BCUT2D eigenvalue weighted by molar-refractivity contribution is -0.137. The van der Waals surface area contributed by atoms with Gasteiger partial charge in [0.2, 0.25) is 17.7 Å². The van der Waals surface area contributed by atoms with Gasteiger partial charge in [-0.2, -0.15) is 0 Å². The second-order valence-electron chi connectivity index (χ2n) is 7.24. The van der Waals surface area contributed by atoms with Gasteiger partial charge in [-0.25, -0.2) is 4.99 Å². The molecule has 24 heavy (non-hydrogen) atoms. The largest absolute Gasteiger partial charge is 0.369 e. The Bertz CT molecular complexity index is 605. The average Bonchev–Trinajstić information content (AvgIpc) is 2.98. The monoisotopic (exact) mass is 335 g/mol. The topological polar surface area (TPSA) is 108 Å². The first-order chi connectivity index (χ1) is 11.3. The van der Waals surface area contributed by atoms with Crippen molar-refractivity contribution in [2.45, 2.75) is 50.6 Å². The third-order valence-corrected chi connectivity index (χ3v) is 5.50. The number of guanidine groups is 1. The predicted octanol–water partition coefficient (Wildman–Crippen LogP) is -0.561. The van der Waals surface area contributed by atoms with Crippen molar-refractivity contribution in [2.24, 2.45) is 16.6 Å². The highest BCUT2D eigenvalue weighted by molar-refractivity contribution is 5.98. The molecule has 0 radical (unpaired) electrons. The van der Waals surface area contributed by atoms with E-state index in [1.807, 2.05) is 11.8 Å². The van der Waals surface area contributed by atoms with Crippen LogP contribution in [0.5, 0.6) is 0 Å². The van der Waals surface area contributed by atoms with Crippen molar-refractivity contribution in [1.29, 1.82) is 0 Å². The van der Waals surface area contributed by atoms with E-state index < -0.39 is 11.6 Å². The molecule has 0 saturated carbocycles. The summed E-state index contributed by atoms with van der Waals surface area (Å²) < 4.78 is 0. The lowest BCUT2D eigenvalue weighted by atomic mass is 9.77. The van der Waals surface area contributed by atoms with Crippen LogP contribution >= 0.6 is 0 Å². The van der Waals surface area contributed by atoms with Gasteiger partial charge in [0.1, 0.15) is 6.04 Å². The third kappa shape index (κ3) is 2.97. The Kier molecular flexibility index (Phi) is 4.23. The summed E-state index contributed by atoms with van der Waals surface area (Å²) in [7, 11) is 1.63. The van der Waals surface area contributed by atoms with Crippen LogP contribution < -0.4 is 11.1 Å². The molecule has 3 rings (SSSR count). The van der Waals surface area contributed by atoms with Gasteiger partial charge in [-0.15, -0.1) is 0 Å². The molecule has 8 heteroatoms. The Hall–Kier alpha value is -2.12. The van der Waals surface area contributed by atoms with Gasteiger partial charge in [0.05, 0.1) is 12.0 Å². The number of carbonyl (C=O) groups excluding carboxylic acids is 3. The molecule has 3 aliphatic rings. The van der Waals surface area contributed by atoms with Gasteiger partial charge < -0.3 is 16.0 Å². The highest BCUT2D eigenvalue weighted by Gasteiger charge is 2.44.